The maximum atomic E-state index is 14.1. The number of rotatable bonds is 5. The largest absolute Gasteiger partial charge is 0.313 e. The zero-order valence-electron chi connectivity index (χ0n) is 11.7. The van der Waals surface area contributed by atoms with Gasteiger partial charge in [0, 0.05) is 30.7 Å². The van der Waals surface area contributed by atoms with Gasteiger partial charge in [-0.05, 0) is 38.3 Å². The van der Waals surface area contributed by atoms with Crippen molar-refractivity contribution < 1.29 is 4.39 Å². The molecule has 2 fully saturated rings. The minimum atomic E-state index is -0.253. The van der Waals surface area contributed by atoms with Crippen molar-refractivity contribution in [2.75, 3.05) is 13.1 Å². The predicted octanol–water partition coefficient (Wildman–Crippen LogP) is 3.59. The molecule has 3 rings (SSSR count). The summed E-state index contributed by atoms with van der Waals surface area (Å²) in [4.78, 5) is 2.43. The fraction of sp³-hybridized carbons (Fsp3) is 0.625. The summed E-state index contributed by atoms with van der Waals surface area (Å²) in [6.07, 6.45) is 6.32. The number of hydrogen-bond acceptors (Lipinski definition) is 2. The standard InChI is InChI=1S/C16H22ClFN2/c17-15-6-3-4-12(16(15)18)10-20(14-7-8-14)11-13-5-1-2-9-19-13/h3-4,6,13-14,19H,1-2,5,7-11H2. The number of nitrogens with one attached hydrogen (secondary N) is 1. The van der Waals surface area contributed by atoms with Crippen molar-refractivity contribution in [3.8, 4) is 0 Å². The summed E-state index contributed by atoms with van der Waals surface area (Å²) in [5, 5.41) is 3.81. The third kappa shape index (κ3) is 3.51. The van der Waals surface area contributed by atoms with Crippen LogP contribution in [0.2, 0.25) is 5.02 Å². The van der Waals surface area contributed by atoms with Crippen molar-refractivity contribution in [1.29, 1.82) is 0 Å². The second kappa shape index (κ2) is 6.42. The van der Waals surface area contributed by atoms with Crippen molar-refractivity contribution in [2.24, 2.45) is 0 Å². The van der Waals surface area contributed by atoms with Crippen molar-refractivity contribution in [1.82, 2.24) is 10.2 Å². The molecule has 20 heavy (non-hydrogen) atoms. The van der Waals surface area contributed by atoms with E-state index in [9.17, 15) is 4.39 Å². The van der Waals surface area contributed by atoms with Gasteiger partial charge in [0.25, 0.3) is 0 Å². The van der Waals surface area contributed by atoms with Crippen LogP contribution in [0.4, 0.5) is 4.39 Å². The lowest BCUT2D eigenvalue weighted by Gasteiger charge is -2.30. The SMILES string of the molecule is Fc1c(Cl)cccc1CN(CC1CCCCN1)C1CC1. The fourth-order valence-corrected chi connectivity index (χ4v) is 3.23. The zero-order chi connectivity index (χ0) is 13.9. The lowest BCUT2D eigenvalue weighted by atomic mass is 10.0. The van der Waals surface area contributed by atoms with Gasteiger partial charge in [-0.25, -0.2) is 4.39 Å². The van der Waals surface area contributed by atoms with Gasteiger partial charge < -0.3 is 5.32 Å². The molecule has 0 radical (unpaired) electrons. The molecule has 1 aliphatic carbocycles. The van der Waals surface area contributed by atoms with Crippen LogP contribution in [0.25, 0.3) is 0 Å². The molecule has 0 amide bonds. The van der Waals surface area contributed by atoms with Gasteiger partial charge in [-0.1, -0.05) is 30.2 Å². The first-order valence-electron chi connectivity index (χ1n) is 7.64. The Kier molecular flexibility index (Phi) is 4.59. The highest BCUT2D eigenvalue weighted by Crippen LogP contribution is 2.30. The summed E-state index contributed by atoms with van der Waals surface area (Å²) in [5.74, 6) is -0.253. The summed E-state index contributed by atoms with van der Waals surface area (Å²) < 4.78 is 14.1. The Morgan fingerprint density at radius 3 is 2.80 bits per heavy atom. The zero-order valence-corrected chi connectivity index (χ0v) is 12.5. The average molecular weight is 297 g/mol. The van der Waals surface area contributed by atoms with Crippen LogP contribution in [0.15, 0.2) is 18.2 Å². The highest BCUT2D eigenvalue weighted by molar-refractivity contribution is 6.30. The quantitative estimate of drug-likeness (QED) is 0.893. The smallest absolute Gasteiger partial charge is 0.146 e. The van der Waals surface area contributed by atoms with Crippen LogP contribution in [0.1, 0.15) is 37.7 Å². The first kappa shape index (κ1) is 14.3. The van der Waals surface area contributed by atoms with Gasteiger partial charge in [0.05, 0.1) is 5.02 Å². The summed E-state index contributed by atoms with van der Waals surface area (Å²) in [5.41, 5.74) is 0.722. The van der Waals surface area contributed by atoms with Gasteiger partial charge in [0.15, 0.2) is 0 Å². The van der Waals surface area contributed by atoms with E-state index in [1.165, 1.54) is 32.1 Å². The van der Waals surface area contributed by atoms with Crippen LogP contribution < -0.4 is 5.32 Å². The Bertz CT molecular complexity index is 456. The Morgan fingerprint density at radius 1 is 1.25 bits per heavy atom. The van der Waals surface area contributed by atoms with E-state index in [4.69, 9.17) is 11.6 Å². The van der Waals surface area contributed by atoms with Gasteiger partial charge in [0.2, 0.25) is 0 Å². The van der Waals surface area contributed by atoms with E-state index in [-0.39, 0.29) is 10.8 Å². The van der Waals surface area contributed by atoms with Crippen LogP contribution in [0, 0.1) is 5.82 Å². The van der Waals surface area contributed by atoms with Crippen LogP contribution >= 0.6 is 11.6 Å². The summed E-state index contributed by atoms with van der Waals surface area (Å²) >= 11 is 5.88. The molecule has 1 atom stereocenters. The number of nitrogens with zero attached hydrogens (tertiary/aromatic N) is 1. The van der Waals surface area contributed by atoms with Gasteiger partial charge in [-0.15, -0.1) is 0 Å². The topological polar surface area (TPSA) is 15.3 Å². The Labute approximate surface area is 125 Å². The average Bonchev–Trinajstić information content (AvgIpc) is 3.29. The molecule has 1 aromatic rings. The second-order valence-corrected chi connectivity index (χ2v) is 6.43. The minimum Gasteiger partial charge on any atom is -0.313 e. The summed E-state index contributed by atoms with van der Waals surface area (Å²) in [6.45, 7) is 2.82. The molecule has 1 aromatic carbocycles. The molecule has 1 heterocycles. The lowest BCUT2D eigenvalue weighted by Crippen LogP contribution is -2.44. The van der Waals surface area contributed by atoms with Gasteiger partial charge in [-0.3, -0.25) is 4.90 Å². The third-order valence-corrected chi connectivity index (χ3v) is 4.63. The summed E-state index contributed by atoms with van der Waals surface area (Å²) in [7, 11) is 0. The van der Waals surface area contributed by atoms with Gasteiger partial charge in [0.1, 0.15) is 5.82 Å². The van der Waals surface area contributed by atoms with E-state index in [0.717, 1.165) is 18.7 Å². The molecule has 110 valence electrons. The van der Waals surface area contributed by atoms with E-state index < -0.39 is 0 Å². The molecule has 1 N–H and O–H groups in total. The molecule has 1 unspecified atom stereocenters. The molecule has 4 heteroatoms. The van der Waals surface area contributed by atoms with Crippen LogP contribution in [0.3, 0.4) is 0 Å². The van der Waals surface area contributed by atoms with Crippen LogP contribution in [-0.4, -0.2) is 30.1 Å². The number of piperidine rings is 1. The van der Waals surface area contributed by atoms with E-state index in [1.54, 1.807) is 6.07 Å². The van der Waals surface area contributed by atoms with Crippen molar-refractivity contribution in [3.05, 3.63) is 34.6 Å². The van der Waals surface area contributed by atoms with Crippen molar-refractivity contribution in [2.45, 2.75) is 50.7 Å². The maximum Gasteiger partial charge on any atom is 0.146 e. The Hall–Kier alpha value is -0.640. The molecule has 2 aliphatic rings. The lowest BCUT2D eigenvalue weighted by molar-refractivity contribution is 0.206. The minimum absolute atomic E-state index is 0.231. The molecule has 1 saturated carbocycles. The predicted molar refractivity (Wildman–Crippen MR) is 80.5 cm³/mol. The fourth-order valence-electron chi connectivity index (χ4n) is 3.03. The van der Waals surface area contributed by atoms with Crippen LogP contribution in [0.5, 0.6) is 0 Å². The maximum absolute atomic E-state index is 14.1. The Morgan fingerprint density at radius 2 is 2.10 bits per heavy atom. The Balaban J connectivity index is 1.66. The van der Waals surface area contributed by atoms with Crippen molar-refractivity contribution >= 4 is 11.6 Å². The number of benzene rings is 1. The molecule has 2 nitrogen and oxygen atoms in total. The normalized spacial score (nSPS) is 23.2. The third-order valence-electron chi connectivity index (χ3n) is 4.34. The first-order valence-corrected chi connectivity index (χ1v) is 8.02. The second-order valence-electron chi connectivity index (χ2n) is 6.02. The molecule has 1 saturated heterocycles. The molecule has 0 bridgehead atoms. The molecule has 1 aliphatic heterocycles. The van der Waals surface area contributed by atoms with Gasteiger partial charge in [-0.2, -0.15) is 0 Å². The van der Waals surface area contributed by atoms with Crippen LogP contribution in [-0.2, 0) is 6.54 Å². The van der Waals surface area contributed by atoms with E-state index >= 15 is 0 Å². The molecular weight excluding hydrogens is 275 g/mol. The van der Waals surface area contributed by atoms with E-state index in [2.05, 4.69) is 10.2 Å². The number of halogens is 2. The molecule has 0 spiro atoms. The molecule has 0 aromatic heterocycles. The first-order chi connectivity index (χ1) is 9.74. The monoisotopic (exact) mass is 296 g/mol. The highest BCUT2D eigenvalue weighted by atomic mass is 35.5. The van der Waals surface area contributed by atoms with E-state index in [0.29, 0.717) is 18.6 Å². The molecular formula is C16H22ClFN2. The van der Waals surface area contributed by atoms with Gasteiger partial charge >= 0.3 is 0 Å². The van der Waals surface area contributed by atoms with Crippen molar-refractivity contribution in [3.63, 3.8) is 0 Å². The van der Waals surface area contributed by atoms with E-state index in [1.807, 2.05) is 12.1 Å². The number of hydrogen-bond donors (Lipinski definition) is 1. The summed E-state index contributed by atoms with van der Waals surface area (Å²) in [6, 6.07) is 6.50. The highest BCUT2D eigenvalue weighted by Gasteiger charge is 2.31.